The number of ether oxygens (including phenoxy) is 1. The summed E-state index contributed by atoms with van der Waals surface area (Å²) < 4.78 is 6.67. The number of fused-ring (bicyclic) bond motifs is 2. The lowest BCUT2D eigenvalue weighted by atomic mass is 9.77. The van der Waals surface area contributed by atoms with E-state index in [1.807, 2.05) is 75.4 Å². The Morgan fingerprint density at radius 1 is 1.05 bits per heavy atom. The van der Waals surface area contributed by atoms with E-state index in [2.05, 4.69) is 0 Å². The second kappa shape index (κ2) is 10.1. The quantitative estimate of drug-likeness (QED) is 0.569. The summed E-state index contributed by atoms with van der Waals surface area (Å²) in [4.78, 5) is 47.5. The predicted molar refractivity (Wildman–Crippen MR) is 138 cm³/mol. The average molecular weight is 508 g/mol. The van der Waals surface area contributed by atoms with E-state index < -0.39 is 35.6 Å². The molecule has 0 bridgehead atoms. The molecule has 1 aromatic carbocycles. The molecule has 0 aliphatic carbocycles. The Bertz CT molecular complexity index is 1100. The lowest BCUT2D eigenvalue weighted by Gasteiger charge is -2.39. The summed E-state index contributed by atoms with van der Waals surface area (Å²) in [5, 5.41) is 10.5. The van der Waals surface area contributed by atoms with E-state index in [9.17, 15) is 19.5 Å². The molecule has 37 heavy (non-hydrogen) atoms. The van der Waals surface area contributed by atoms with Crippen molar-refractivity contribution in [2.75, 3.05) is 26.2 Å². The summed E-state index contributed by atoms with van der Waals surface area (Å²) in [6, 6.07) is 7.97. The van der Waals surface area contributed by atoms with Gasteiger partial charge in [-0.05, 0) is 32.3 Å². The molecule has 6 atom stereocenters. The van der Waals surface area contributed by atoms with E-state index in [1.165, 1.54) is 0 Å². The van der Waals surface area contributed by atoms with E-state index in [0.717, 1.165) is 12.0 Å². The molecule has 0 radical (unpaired) electrons. The van der Waals surface area contributed by atoms with Gasteiger partial charge in [0.2, 0.25) is 17.7 Å². The minimum Gasteiger partial charge on any atom is -0.394 e. The number of benzene rings is 1. The first kappa shape index (κ1) is 25.7. The molecule has 0 saturated carbocycles. The molecule has 1 spiro atoms. The second-order valence-electron chi connectivity index (χ2n) is 10.8. The fraction of sp³-hybridized carbons (Fsp3) is 0.552. The second-order valence-corrected chi connectivity index (χ2v) is 10.8. The molecule has 3 amide bonds. The first-order valence-electron chi connectivity index (χ1n) is 13.4. The number of likely N-dealkylation sites (tertiary alicyclic amines) is 1. The molecule has 5 rings (SSSR count). The van der Waals surface area contributed by atoms with Crippen LogP contribution in [0.1, 0.15) is 32.8 Å². The van der Waals surface area contributed by atoms with E-state index in [0.29, 0.717) is 26.1 Å². The topological polar surface area (TPSA) is 90.4 Å². The average Bonchev–Trinajstić information content (AvgIpc) is 3.20. The first-order chi connectivity index (χ1) is 17.8. The maximum atomic E-state index is 14.4. The van der Waals surface area contributed by atoms with Crippen molar-refractivity contribution in [1.29, 1.82) is 0 Å². The van der Waals surface area contributed by atoms with Crippen molar-refractivity contribution in [3.8, 4) is 0 Å². The number of amides is 3. The molecule has 0 aromatic heterocycles. The van der Waals surface area contributed by atoms with Gasteiger partial charge in [-0.15, -0.1) is 0 Å². The summed E-state index contributed by atoms with van der Waals surface area (Å²) >= 11 is 0. The van der Waals surface area contributed by atoms with Gasteiger partial charge in [-0.25, -0.2) is 0 Å². The molecule has 198 valence electrons. The van der Waals surface area contributed by atoms with Crippen LogP contribution in [0.15, 0.2) is 54.6 Å². The number of hydrogen-bond acceptors (Lipinski definition) is 5. The zero-order valence-electron chi connectivity index (χ0n) is 21.8. The van der Waals surface area contributed by atoms with Crippen LogP contribution in [0.25, 0.3) is 0 Å². The van der Waals surface area contributed by atoms with Crippen molar-refractivity contribution in [2.45, 2.75) is 63.4 Å². The number of aliphatic hydroxyl groups is 1. The number of rotatable bonds is 7. The largest absolute Gasteiger partial charge is 0.394 e. The SMILES string of the molecule is CCCN1CC=C[C@@H]2O[C@]34C=CCN(C(C)C)C(=O)C3N([C@@H](CO)Cc3ccccc3)C(=O)[C@@H]4[C@@H]2C1=O. The highest BCUT2D eigenvalue weighted by Gasteiger charge is 2.72. The number of nitrogens with zero attached hydrogens (tertiary/aromatic N) is 3. The maximum Gasteiger partial charge on any atom is 0.249 e. The van der Waals surface area contributed by atoms with Crippen LogP contribution in [0.4, 0.5) is 0 Å². The van der Waals surface area contributed by atoms with Crippen molar-refractivity contribution in [3.63, 3.8) is 0 Å². The van der Waals surface area contributed by atoms with Crippen LogP contribution in [0, 0.1) is 11.8 Å². The predicted octanol–water partition coefficient (Wildman–Crippen LogP) is 1.79. The number of hydrogen-bond donors (Lipinski definition) is 1. The van der Waals surface area contributed by atoms with Gasteiger partial charge in [-0.3, -0.25) is 14.4 Å². The third-order valence-corrected chi connectivity index (χ3v) is 8.25. The lowest BCUT2D eigenvalue weighted by molar-refractivity contribution is -0.152. The smallest absolute Gasteiger partial charge is 0.249 e. The monoisotopic (exact) mass is 507 g/mol. The molecule has 4 heterocycles. The zero-order chi connectivity index (χ0) is 26.3. The van der Waals surface area contributed by atoms with Crippen LogP contribution in [0.3, 0.4) is 0 Å². The number of carbonyl (C=O) groups is 3. The van der Waals surface area contributed by atoms with Gasteiger partial charge in [0.15, 0.2) is 0 Å². The van der Waals surface area contributed by atoms with Crippen LogP contribution >= 0.6 is 0 Å². The van der Waals surface area contributed by atoms with E-state index in [-0.39, 0.29) is 30.4 Å². The maximum absolute atomic E-state index is 14.4. The van der Waals surface area contributed by atoms with Crippen LogP contribution in [0.5, 0.6) is 0 Å². The Labute approximate surface area is 218 Å². The molecule has 1 unspecified atom stereocenters. The fourth-order valence-corrected chi connectivity index (χ4v) is 6.61. The summed E-state index contributed by atoms with van der Waals surface area (Å²) in [6.45, 7) is 7.09. The first-order valence-corrected chi connectivity index (χ1v) is 13.4. The van der Waals surface area contributed by atoms with Crippen LogP contribution in [-0.2, 0) is 25.5 Å². The Balaban J connectivity index is 1.62. The Morgan fingerprint density at radius 3 is 2.49 bits per heavy atom. The van der Waals surface area contributed by atoms with Crippen molar-refractivity contribution in [2.24, 2.45) is 11.8 Å². The molecule has 1 N–H and O–H groups in total. The van der Waals surface area contributed by atoms with Gasteiger partial charge >= 0.3 is 0 Å². The van der Waals surface area contributed by atoms with Gasteiger partial charge in [-0.1, -0.05) is 61.6 Å². The molecule has 1 aromatic rings. The summed E-state index contributed by atoms with van der Waals surface area (Å²) in [5.41, 5.74) is -0.314. The Hall–Kier alpha value is -2.97. The molecule has 8 heteroatoms. The Morgan fingerprint density at radius 2 is 1.81 bits per heavy atom. The highest BCUT2D eigenvalue weighted by atomic mass is 16.5. The Kier molecular flexibility index (Phi) is 6.98. The van der Waals surface area contributed by atoms with E-state index in [1.54, 1.807) is 14.7 Å². The third kappa shape index (κ3) is 4.10. The summed E-state index contributed by atoms with van der Waals surface area (Å²) in [7, 11) is 0. The van der Waals surface area contributed by atoms with Crippen molar-refractivity contribution in [3.05, 3.63) is 60.2 Å². The molecule has 2 fully saturated rings. The van der Waals surface area contributed by atoms with Crippen molar-refractivity contribution >= 4 is 17.7 Å². The highest BCUT2D eigenvalue weighted by molar-refractivity contribution is 6.00. The van der Waals surface area contributed by atoms with Crippen LogP contribution in [-0.4, -0.2) is 93.6 Å². The number of carbonyl (C=O) groups excluding carboxylic acids is 3. The lowest BCUT2D eigenvalue weighted by Crippen LogP contribution is -2.59. The van der Waals surface area contributed by atoms with Gasteiger partial charge < -0.3 is 24.5 Å². The van der Waals surface area contributed by atoms with Gasteiger partial charge in [0.1, 0.15) is 11.6 Å². The highest BCUT2D eigenvalue weighted by Crippen LogP contribution is 2.54. The van der Waals surface area contributed by atoms with Gasteiger partial charge in [0.25, 0.3) is 0 Å². The molecule has 2 saturated heterocycles. The number of aliphatic hydroxyl groups excluding tert-OH is 1. The minimum atomic E-state index is -1.27. The van der Waals surface area contributed by atoms with E-state index >= 15 is 0 Å². The standard InChI is InChI=1S/C29H37N3O5/c1-4-14-30-15-8-12-22-23(26(30)34)24-27(35)32(21(18-33)17-20-10-6-5-7-11-20)25-28(36)31(19(2)3)16-9-13-29(24,25)37-22/h5-13,19,21-25,33H,4,14-18H2,1-3H3/t21-,22+,23-,24+,25?,29+/m1/s1. The molecular weight excluding hydrogens is 470 g/mol. The third-order valence-electron chi connectivity index (χ3n) is 8.25. The molecule has 4 aliphatic heterocycles. The molecular formula is C29H37N3O5. The van der Waals surface area contributed by atoms with Gasteiger partial charge in [0.05, 0.1) is 30.6 Å². The van der Waals surface area contributed by atoms with Crippen LogP contribution < -0.4 is 0 Å². The van der Waals surface area contributed by atoms with Crippen LogP contribution in [0.2, 0.25) is 0 Å². The van der Waals surface area contributed by atoms with Gasteiger partial charge in [0, 0.05) is 25.7 Å². The molecule has 8 nitrogen and oxygen atoms in total. The molecule has 4 aliphatic rings. The van der Waals surface area contributed by atoms with Gasteiger partial charge in [-0.2, -0.15) is 0 Å². The zero-order valence-corrected chi connectivity index (χ0v) is 21.8. The summed E-state index contributed by atoms with van der Waals surface area (Å²) in [5.74, 6) is -2.17. The normalized spacial score (nSPS) is 31.9. The van der Waals surface area contributed by atoms with E-state index in [4.69, 9.17) is 4.74 Å². The van der Waals surface area contributed by atoms with Crippen molar-refractivity contribution in [1.82, 2.24) is 14.7 Å². The van der Waals surface area contributed by atoms with Crippen molar-refractivity contribution < 1.29 is 24.2 Å². The summed E-state index contributed by atoms with van der Waals surface area (Å²) in [6.07, 6.45) is 8.19. The minimum absolute atomic E-state index is 0.0848. The fourth-order valence-electron chi connectivity index (χ4n) is 6.61.